The van der Waals surface area contributed by atoms with Gasteiger partial charge in [0.2, 0.25) is 5.56 Å². The number of pyridine rings is 1. The standard InChI is InChI=1S/C23H24N2O4/c1-16(17-7-5-4-6-8-17)24-22(26)15-29-21-12-19(11-20(13-21)28-3)18-9-10-23(27)25(2)14-18/h4-14,16H,15H2,1-3H3,(H,24,26). The molecule has 0 aliphatic heterocycles. The van der Waals surface area contributed by atoms with Crippen LogP contribution in [-0.2, 0) is 11.8 Å². The molecule has 0 fully saturated rings. The number of hydrogen-bond donors (Lipinski definition) is 1. The van der Waals surface area contributed by atoms with Gasteiger partial charge in [-0.2, -0.15) is 0 Å². The normalized spacial score (nSPS) is 11.6. The topological polar surface area (TPSA) is 69.6 Å². The van der Waals surface area contributed by atoms with Gasteiger partial charge in [-0.25, -0.2) is 0 Å². The SMILES string of the molecule is COc1cc(OCC(=O)NC(C)c2ccccc2)cc(-c2ccc(=O)n(C)c2)c1. The summed E-state index contributed by atoms with van der Waals surface area (Å²) in [5.74, 6) is 0.896. The molecular formula is C23H24N2O4. The highest BCUT2D eigenvalue weighted by atomic mass is 16.5. The summed E-state index contributed by atoms with van der Waals surface area (Å²) < 4.78 is 12.6. The quantitative estimate of drug-likeness (QED) is 0.670. The molecule has 0 aliphatic carbocycles. The lowest BCUT2D eigenvalue weighted by atomic mass is 10.1. The number of methoxy groups -OCH3 is 1. The minimum absolute atomic E-state index is 0.0858. The van der Waals surface area contributed by atoms with Crippen molar-refractivity contribution in [3.05, 3.63) is 82.8 Å². The molecule has 2 aromatic carbocycles. The zero-order chi connectivity index (χ0) is 20.8. The number of carbonyl (C=O) groups excluding carboxylic acids is 1. The maximum Gasteiger partial charge on any atom is 0.258 e. The number of benzene rings is 2. The van der Waals surface area contributed by atoms with Gasteiger partial charge in [-0.1, -0.05) is 30.3 Å². The largest absolute Gasteiger partial charge is 0.497 e. The van der Waals surface area contributed by atoms with Crippen LogP contribution in [0.25, 0.3) is 11.1 Å². The summed E-state index contributed by atoms with van der Waals surface area (Å²) in [5, 5.41) is 2.92. The molecule has 6 heteroatoms. The maximum absolute atomic E-state index is 12.3. The van der Waals surface area contributed by atoms with Gasteiger partial charge in [-0.3, -0.25) is 9.59 Å². The van der Waals surface area contributed by atoms with E-state index in [1.807, 2.05) is 49.4 Å². The van der Waals surface area contributed by atoms with Crippen molar-refractivity contribution < 1.29 is 14.3 Å². The number of aryl methyl sites for hydroxylation is 1. The van der Waals surface area contributed by atoms with E-state index in [2.05, 4.69) is 5.32 Å². The Balaban J connectivity index is 1.71. The van der Waals surface area contributed by atoms with Crippen molar-refractivity contribution in [2.75, 3.05) is 13.7 Å². The Hall–Kier alpha value is -3.54. The second-order valence-corrected chi connectivity index (χ2v) is 6.75. The molecule has 1 unspecified atom stereocenters. The Morgan fingerprint density at radius 3 is 2.45 bits per heavy atom. The highest BCUT2D eigenvalue weighted by molar-refractivity contribution is 5.78. The van der Waals surface area contributed by atoms with E-state index in [1.54, 1.807) is 32.5 Å². The van der Waals surface area contributed by atoms with Crippen LogP contribution in [-0.4, -0.2) is 24.2 Å². The third-order valence-corrected chi connectivity index (χ3v) is 4.58. The summed E-state index contributed by atoms with van der Waals surface area (Å²) >= 11 is 0. The van der Waals surface area contributed by atoms with E-state index in [0.717, 1.165) is 16.7 Å². The first-order valence-electron chi connectivity index (χ1n) is 9.29. The molecule has 0 bridgehead atoms. The van der Waals surface area contributed by atoms with E-state index < -0.39 is 0 Å². The van der Waals surface area contributed by atoms with Crippen molar-refractivity contribution in [3.63, 3.8) is 0 Å². The van der Waals surface area contributed by atoms with Crippen molar-refractivity contribution >= 4 is 5.91 Å². The van der Waals surface area contributed by atoms with Gasteiger partial charge < -0.3 is 19.4 Å². The molecule has 0 aliphatic rings. The van der Waals surface area contributed by atoms with Crippen LogP contribution in [0.3, 0.4) is 0 Å². The molecule has 0 saturated carbocycles. The van der Waals surface area contributed by atoms with Gasteiger partial charge in [0.25, 0.3) is 5.91 Å². The smallest absolute Gasteiger partial charge is 0.258 e. The fourth-order valence-electron chi connectivity index (χ4n) is 2.96. The van der Waals surface area contributed by atoms with Crippen molar-refractivity contribution in [2.45, 2.75) is 13.0 Å². The Morgan fingerprint density at radius 1 is 1.03 bits per heavy atom. The monoisotopic (exact) mass is 392 g/mol. The summed E-state index contributed by atoms with van der Waals surface area (Å²) in [5.41, 5.74) is 2.61. The third-order valence-electron chi connectivity index (χ3n) is 4.58. The molecule has 29 heavy (non-hydrogen) atoms. The number of amides is 1. The lowest BCUT2D eigenvalue weighted by Crippen LogP contribution is -2.31. The zero-order valence-corrected chi connectivity index (χ0v) is 16.7. The van der Waals surface area contributed by atoms with E-state index in [1.165, 1.54) is 10.6 Å². The van der Waals surface area contributed by atoms with E-state index in [9.17, 15) is 9.59 Å². The van der Waals surface area contributed by atoms with Crippen LogP contribution in [0.15, 0.2) is 71.7 Å². The van der Waals surface area contributed by atoms with Gasteiger partial charge in [-0.15, -0.1) is 0 Å². The van der Waals surface area contributed by atoms with Crippen LogP contribution in [0.1, 0.15) is 18.5 Å². The number of hydrogen-bond acceptors (Lipinski definition) is 4. The van der Waals surface area contributed by atoms with Gasteiger partial charge in [0.1, 0.15) is 11.5 Å². The fourth-order valence-corrected chi connectivity index (χ4v) is 2.96. The Morgan fingerprint density at radius 2 is 1.76 bits per heavy atom. The molecule has 1 amide bonds. The lowest BCUT2D eigenvalue weighted by molar-refractivity contribution is -0.123. The van der Waals surface area contributed by atoms with Gasteiger partial charge in [0, 0.05) is 25.4 Å². The Labute approximate surface area is 169 Å². The molecule has 0 radical (unpaired) electrons. The first kappa shape index (κ1) is 20.2. The molecule has 0 spiro atoms. The second kappa shape index (κ2) is 9.10. The van der Waals surface area contributed by atoms with Gasteiger partial charge in [0.05, 0.1) is 13.2 Å². The zero-order valence-electron chi connectivity index (χ0n) is 16.7. The number of nitrogens with zero attached hydrogens (tertiary/aromatic N) is 1. The maximum atomic E-state index is 12.3. The average molecular weight is 392 g/mol. The third kappa shape index (κ3) is 5.25. The summed E-state index contributed by atoms with van der Waals surface area (Å²) in [7, 11) is 3.26. The minimum atomic E-state index is -0.215. The number of nitrogens with one attached hydrogen (secondary N) is 1. The molecule has 1 N–H and O–H groups in total. The molecule has 0 saturated heterocycles. The van der Waals surface area contributed by atoms with Crippen LogP contribution in [0, 0.1) is 0 Å². The van der Waals surface area contributed by atoms with E-state index in [4.69, 9.17) is 9.47 Å². The number of ether oxygens (including phenoxy) is 2. The number of carbonyl (C=O) groups is 1. The molecule has 150 valence electrons. The van der Waals surface area contributed by atoms with Gasteiger partial charge >= 0.3 is 0 Å². The molecule has 1 aromatic heterocycles. The number of aromatic nitrogens is 1. The first-order chi connectivity index (χ1) is 14.0. The van der Waals surface area contributed by atoms with Crippen molar-refractivity contribution in [1.82, 2.24) is 9.88 Å². The van der Waals surface area contributed by atoms with E-state index >= 15 is 0 Å². The highest BCUT2D eigenvalue weighted by Gasteiger charge is 2.11. The lowest BCUT2D eigenvalue weighted by Gasteiger charge is -2.15. The van der Waals surface area contributed by atoms with Gasteiger partial charge in [-0.05, 0) is 41.8 Å². The predicted octanol–water partition coefficient (Wildman–Crippen LogP) is 3.32. The first-order valence-corrected chi connectivity index (χ1v) is 9.29. The van der Waals surface area contributed by atoms with Crippen molar-refractivity contribution in [2.24, 2.45) is 7.05 Å². The summed E-state index contributed by atoms with van der Waals surface area (Å²) in [6.07, 6.45) is 1.75. The predicted molar refractivity (Wildman–Crippen MR) is 112 cm³/mol. The van der Waals surface area contributed by atoms with Gasteiger partial charge in [0.15, 0.2) is 6.61 Å². The molecular weight excluding hydrogens is 368 g/mol. The Kier molecular flexibility index (Phi) is 6.34. The highest BCUT2D eigenvalue weighted by Crippen LogP contribution is 2.29. The van der Waals surface area contributed by atoms with Crippen LogP contribution in [0.2, 0.25) is 0 Å². The van der Waals surface area contributed by atoms with Crippen LogP contribution in [0.4, 0.5) is 0 Å². The van der Waals surface area contributed by atoms with Crippen LogP contribution in [0.5, 0.6) is 11.5 Å². The summed E-state index contributed by atoms with van der Waals surface area (Å²) in [6.45, 7) is 1.81. The van der Waals surface area contributed by atoms with E-state index in [-0.39, 0.29) is 24.1 Å². The second-order valence-electron chi connectivity index (χ2n) is 6.75. The summed E-state index contributed by atoms with van der Waals surface area (Å²) in [4.78, 5) is 23.9. The summed E-state index contributed by atoms with van der Waals surface area (Å²) in [6, 6.07) is 18.3. The van der Waals surface area contributed by atoms with Crippen molar-refractivity contribution in [3.8, 4) is 22.6 Å². The molecule has 1 atom stereocenters. The number of rotatable bonds is 7. The molecule has 3 rings (SSSR count). The van der Waals surface area contributed by atoms with Crippen LogP contribution >= 0.6 is 0 Å². The van der Waals surface area contributed by atoms with Crippen molar-refractivity contribution in [1.29, 1.82) is 0 Å². The Bertz CT molecular complexity index is 1040. The fraction of sp³-hybridized carbons (Fsp3) is 0.217. The van der Waals surface area contributed by atoms with Crippen LogP contribution < -0.4 is 20.3 Å². The minimum Gasteiger partial charge on any atom is -0.497 e. The average Bonchev–Trinajstić information content (AvgIpc) is 2.74. The molecule has 1 heterocycles. The molecule has 6 nitrogen and oxygen atoms in total. The van der Waals surface area contributed by atoms with E-state index in [0.29, 0.717) is 11.5 Å². The molecule has 3 aromatic rings.